The molecule has 0 saturated carbocycles. The lowest BCUT2D eigenvalue weighted by atomic mass is 10.1. The van der Waals surface area contributed by atoms with Crippen molar-refractivity contribution in [3.63, 3.8) is 0 Å². The summed E-state index contributed by atoms with van der Waals surface area (Å²) in [6, 6.07) is 7.64. The number of carbonyl (C=O) groups excluding carboxylic acids is 1. The summed E-state index contributed by atoms with van der Waals surface area (Å²) < 4.78 is 5.76. The molecular weight excluding hydrogens is 350 g/mol. The monoisotopic (exact) mass is 379 g/mol. The predicted octanol–water partition coefficient (Wildman–Crippen LogP) is 5.55. The molecule has 0 bridgehead atoms. The molecule has 0 aromatic heterocycles. The highest BCUT2D eigenvalue weighted by atomic mass is 32.1. The topological polar surface area (TPSA) is 38.3 Å². The van der Waals surface area contributed by atoms with Gasteiger partial charge in [0.1, 0.15) is 5.75 Å². The molecule has 0 heterocycles. The third-order valence-corrected chi connectivity index (χ3v) is 4.32. The molecule has 0 aliphatic carbocycles. The number of rotatable bonds is 13. The van der Waals surface area contributed by atoms with E-state index in [1.807, 2.05) is 24.3 Å². The first kappa shape index (κ1) is 21.7. The molecule has 0 unspecified atom stereocenters. The molecule has 0 atom stereocenters. The summed E-state index contributed by atoms with van der Waals surface area (Å²) in [5.74, 6) is 0.539. The van der Waals surface area contributed by atoms with Crippen molar-refractivity contribution in [2.75, 3.05) is 6.61 Å². The van der Waals surface area contributed by atoms with Crippen molar-refractivity contribution in [3.05, 3.63) is 34.7 Å². The van der Waals surface area contributed by atoms with Crippen LogP contribution in [0.3, 0.4) is 0 Å². The highest BCUT2D eigenvalue weighted by Crippen LogP contribution is 2.16. The largest absolute Gasteiger partial charge is 0.494 e. The first-order valence-corrected chi connectivity index (χ1v) is 9.97. The summed E-state index contributed by atoms with van der Waals surface area (Å²) in [5.41, 5.74) is 2.07. The molecule has 0 aliphatic rings. The zero-order valence-electron chi connectivity index (χ0n) is 15.0. The summed E-state index contributed by atoms with van der Waals surface area (Å²) in [7, 11) is 0. The summed E-state index contributed by atoms with van der Waals surface area (Å²) in [5, 5.41) is 2.42. The Morgan fingerprint density at radius 3 is 2.28 bits per heavy atom. The molecule has 25 heavy (non-hydrogen) atoms. The Labute approximate surface area is 162 Å². The Morgan fingerprint density at radius 1 is 1.08 bits per heavy atom. The average molecular weight is 380 g/mol. The number of hydrogen-bond donors (Lipinski definition) is 2. The number of amides is 1. The van der Waals surface area contributed by atoms with Gasteiger partial charge < -0.3 is 10.1 Å². The average Bonchev–Trinajstić information content (AvgIpc) is 2.62. The van der Waals surface area contributed by atoms with Gasteiger partial charge in [0.05, 0.1) is 17.0 Å². The van der Waals surface area contributed by atoms with Crippen LogP contribution in [0.15, 0.2) is 29.2 Å². The number of carbonyl (C=O) groups is 1. The van der Waals surface area contributed by atoms with Crippen LogP contribution in [0.1, 0.15) is 63.9 Å². The van der Waals surface area contributed by atoms with E-state index in [0.717, 1.165) is 24.3 Å². The third-order valence-electron chi connectivity index (χ3n) is 3.87. The van der Waals surface area contributed by atoms with E-state index in [0.29, 0.717) is 4.91 Å². The van der Waals surface area contributed by atoms with Gasteiger partial charge in [0.25, 0.3) is 5.91 Å². The smallest absolute Gasteiger partial charge is 0.262 e. The molecule has 1 aromatic rings. The Morgan fingerprint density at radius 2 is 1.68 bits per heavy atom. The van der Waals surface area contributed by atoms with E-state index in [4.69, 9.17) is 4.74 Å². The Kier molecular flexibility index (Phi) is 12.1. The van der Waals surface area contributed by atoms with Gasteiger partial charge in [-0.25, -0.2) is 0 Å². The van der Waals surface area contributed by atoms with Gasteiger partial charge in [0, 0.05) is 0 Å². The molecule has 0 spiro atoms. The van der Waals surface area contributed by atoms with Gasteiger partial charge >= 0.3 is 0 Å². The predicted molar refractivity (Wildman–Crippen MR) is 113 cm³/mol. The first-order chi connectivity index (χ1) is 12.2. The van der Waals surface area contributed by atoms with E-state index < -0.39 is 0 Å². The van der Waals surface area contributed by atoms with Crippen molar-refractivity contribution < 1.29 is 9.53 Å². The zero-order valence-corrected chi connectivity index (χ0v) is 16.7. The van der Waals surface area contributed by atoms with Crippen LogP contribution < -0.4 is 10.1 Å². The van der Waals surface area contributed by atoms with E-state index in [-0.39, 0.29) is 5.91 Å². The SMILES string of the molecule is CCCCCCCCCCOc1ccc(/C=C(/S)C(=O)NC=S)cc1. The molecule has 1 rings (SSSR count). The maximum atomic E-state index is 11.5. The van der Waals surface area contributed by atoms with E-state index in [2.05, 4.69) is 37.1 Å². The van der Waals surface area contributed by atoms with E-state index in [1.54, 1.807) is 6.08 Å². The van der Waals surface area contributed by atoms with Crippen LogP contribution in [0.5, 0.6) is 5.75 Å². The minimum atomic E-state index is -0.312. The second-order valence-electron chi connectivity index (χ2n) is 6.01. The summed E-state index contributed by atoms with van der Waals surface area (Å²) in [6.07, 6.45) is 12.0. The third kappa shape index (κ3) is 10.3. The molecular formula is C20H29NO2S2. The van der Waals surface area contributed by atoms with Gasteiger partial charge in [-0.1, -0.05) is 76.2 Å². The van der Waals surface area contributed by atoms with Crippen LogP contribution in [0.2, 0.25) is 0 Å². The van der Waals surface area contributed by atoms with Gasteiger partial charge in [-0.15, -0.1) is 12.6 Å². The van der Waals surface area contributed by atoms with E-state index in [1.165, 1.54) is 50.4 Å². The lowest BCUT2D eigenvalue weighted by Crippen LogP contribution is -2.20. The van der Waals surface area contributed by atoms with Gasteiger partial charge in [0.2, 0.25) is 0 Å². The summed E-state index contributed by atoms with van der Waals surface area (Å²) >= 11 is 8.75. The molecule has 1 N–H and O–H groups in total. The maximum Gasteiger partial charge on any atom is 0.262 e. The zero-order chi connectivity index (χ0) is 18.3. The Hall–Kier alpha value is -1.33. The minimum absolute atomic E-state index is 0.312. The number of ether oxygens (including phenoxy) is 1. The van der Waals surface area contributed by atoms with E-state index >= 15 is 0 Å². The summed E-state index contributed by atoms with van der Waals surface area (Å²) in [6.45, 7) is 2.99. The lowest BCUT2D eigenvalue weighted by molar-refractivity contribution is -0.115. The van der Waals surface area contributed by atoms with Crippen molar-refractivity contribution >= 4 is 42.3 Å². The second-order valence-corrected chi connectivity index (χ2v) is 6.73. The maximum absolute atomic E-state index is 11.5. The number of hydrogen-bond acceptors (Lipinski definition) is 4. The highest BCUT2D eigenvalue weighted by molar-refractivity contribution is 7.85. The van der Waals surface area contributed by atoms with Gasteiger partial charge in [0.15, 0.2) is 0 Å². The molecule has 5 heteroatoms. The van der Waals surface area contributed by atoms with Crippen LogP contribution in [0, 0.1) is 0 Å². The number of benzene rings is 1. The number of thiol groups is 1. The van der Waals surface area contributed by atoms with Crippen molar-refractivity contribution in [1.29, 1.82) is 0 Å². The van der Waals surface area contributed by atoms with Crippen molar-refractivity contribution in [1.82, 2.24) is 5.32 Å². The fourth-order valence-electron chi connectivity index (χ4n) is 2.44. The van der Waals surface area contributed by atoms with Crippen molar-refractivity contribution in [3.8, 4) is 5.75 Å². The number of nitrogens with one attached hydrogen (secondary N) is 1. The quantitative estimate of drug-likeness (QED) is 0.204. The molecule has 0 saturated heterocycles. The van der Waals surface area contributed by atoms with Gasteiger partial charge in [-0.3, -0.25) is 4.79 Å². The van der Waals surface area contributed by atoms with E-state index in [9.17, 15) is 4.79 Å². The number of unbranched alkanes of at least 4 members (excludes halogenated alkanes) is 7. The summed E-state index contributed by atoms with van der Waals surface area (Å²) in [4.78, 5) is 11.9. The Balaban J connectivity index is 2.23. The van der Waals surface area contributed by atoms with Gasteiger partial charge in [-0.2, -0.15) is 0 Å². The van der Waals surface area contributed by atoms with Crippen molar-refractivity contribution in [2.45, 2.75) is 58.3 Å². The molecule has 1 aromatic carbocycles. The minimum Gasteiger partial charge on any atom is -0.494 e. The van der Waals surface area contributed by atoms with Gasteiger partial charge in [-0.05, 0) is 30.2 Å². The molecule has 138 valence electrons. The second kappa shape index (κ2) is 13.9. The first-order valence-electron chi connectivity index (χ1n) is 9.05. The molecule has 0 aliphatic heterocycles. The van der Waals surface area contributed by atoms with Crippen LogP contribution in [-0.4, -0.2) is 18.0 Å². The highest BCUT2D eigenvalue weighted by Gasteiger charge is 2.03. The molecule has 0 fully saturated rings. The van der Waals surface area contributed by atoms with Crippen molar-refractivity contribution in [2.24, 2.45) is 0 Å². The standard InChI is InChI=1S/C20H29NO2S2/c1-2-3-4-5-6-7-8-9-14-23-18-12-10-17(11-13-18)15-19(25)20(22)21-16-24/h10-13,15-16,25H,2-9,14H2,1H3,(H,21,22,24)/b19-15+. The van der Waals surface area contributed by atoms with Crippen LogP contribution in [0.25, 0.3) is 6.08 Å². The molecule has 0 radical (unpaired) electrons. The molecule has 1 amide bonds. The fraction of sp³-hybridized carbons (Fsp3) is 0.500. The Bertz CT molecular complexity index is 541. The molecule has 3 nitrogen and oxygen atoms in total. The van der Waals surface area contributed by atoms with Crippen LogP contribution >= 0.6 is 24.8 Å². The lowest BCUT2D eigenvalue weighted by Gasteiger charge is -2.07. The normalized spacial score (nSPS) is 11.2. The van der Waals surface area contributed by atoms with Crippen LogP contribution in [-0.2, 0) is 4.79 Å². The fourth-order valence-corrected chi connectivity index (χ4v) is 2.76. The number of thiocarbonyl (C=S) groups is 1. The van der Waals surface area contributed by atoms with Crippen LogP contribution in [0.4, 0.5) is 0 Å².